The number of piperidine rings is 1. The van der Waals surface area contributed by atoms with Crippen LogP contribution in [0.25, 0.3) is 0 Å². The van der Waals surface area contributed by atoms with E-state index in [0.717, 1.165) is 48.5 Å². The van der Waals surface area contributed by atoms with Gasteiger partial charge in [0, 0.05) is 49.2 Å². The van der Waals surface area contributed by atoms with Crippen molar-refractivity contribution in [1.82, 2.24) is 19.9 Å². The minimum atomic E-state index is -0.0599. The molecule has 1 amide bonds. The predicted octanol–water partition coefficient (Wildman–Crippen LogP) is 3.49. The molecule has 3 aromatic rings. The number of ether oxygens (including phenoxy) is 1. The van der Waals surface area contributed by atoms with Crippen molar-refractivity contribution < 1.29 is 9.53 Å². The maximum absolute atomic E-state index is 12.7. The van der Waals surface area contributed by atoms with Gasteiger partial charge in [0.1, 0.15) is 11.4 Å². The SMILES string of the molecule is COc1cccc(Cc2cccc(C3CCCN(C(=O)c4cnccn4)C3)n2)c1. The van der Waals surface area contributed by atoms with E-state index in [0.29, 0.717) is 12.2 Å². The van der Waals surface area contributed by atoms with E-state index in [-0.39, 0.29) is 11.8 Å². The summed E-state index contributed by atoms with van der Waals surface area (Å²) in [5, 5.41) is 0. The maximum atomic E-state index is 12.7. The Balaban J connectivity index is 1.48. The Morgan fingerprint density at radius 2 is 2.10 bits per heavy atom. The van der Waals surface area contributed by atoms with Crippen molar-refractivity contribution in [2.24, 2.45) is 0 Å². The van der Waals surface area contributed by atoms with Crippen LogP contribution in [0, 0.1) is 0 Å². The van der Waals surface area contributed by atoms with Crippen LogP contribution >= 0.6 is 0 Å². The Kier molecular flexibility index (Phi) is 5.79. The Morgan fingerprint density at radius 1 is 1.21 bits per heavy atom. The molecule has 6 heteroatoms. The van der Waals surface area contributed by atoms with Gasteiger partial charge in [-0.25, -0.2) is 4.98 Å². The molecule has 0 saturated carbocycles. The highest BCUT2D eigenvalue weighted by Crippen LogP contribution is 2.27. The summed E-state index contributed by atoms with van der Waals surface area (Å²) >= 11 is 0. The average Bonchev–Trinajstić information content (AvgIpc) is 2.79. The van der Waals surface area contributed by atoms with Crippen molar-refractivity contribution in [3.05, 3.63) is 83.7 Å². The van der Waals surface area contributed by atoms with E-state index in [1.807, 2.05) is 29.2 Å². The first kappa shape index (κ1) is 19.1. The predicted molar refractivity (Wildman–Crippen MR) is 110 cm³/mol. The summed E-state index contributed by atoms with van der Waals surface area (Å²) in [5.41, 5.74) is 3.63. The van der Waals surface area contributed by atoms with Gasteiger partial charge in [0.05, 0.1) is 13.3 Å². The lowest BCUT2D eigenvalue weighted by Gasteiger charge is -2.32. The number of hydrogen-bond donors (Lipinski definition) is 0. The van der Waals surface area contributed by atoms with Crippen molar-refractivity contribution >= 4 is 5.91 Å². The number of likely N-dealkylation sites (tertiary alicyclic amines) is 1. The van der Waals surface area contributed by atoms with Crippen molar-refractivity contribution in [3.8, 4) is 5.75 Å². The van der Waals surface area contributed by atoms with Gasteiger partial charge in [-0.1, -0.05) is 18.2 Å². The summed E-state index contributed by atoms with van der Waals surface area (Å²) in [6.45, 7) is 1.40. The van der Waals surface area contributed by atoms with Crippen LogP contribution < -0.4 is 4.74 Å². The smallest absolute Gasteiger partial charge is 0.274 e. The molecule has 2 aromatic heterocycles. The first-order valence-electron chi connectivity index (χ1n) is 9.87. The van der Waals surface area contributed by atoms with Gasteiger partial charge >= 0.3 is 0 Å². The zero-order chi connectivity index (χ0) is 20.1. The highest BCUT2D eigenvalue weighted by Gasteiger charge is 2.27. The van der Waals surface area contributed by atoms with E-state index >= 15 is 0 Å². The summed E-state index contributed by atoms with van der Waals surface area (Å²) in [4.78, 5) is 27.7. The Labute approximate surface area is 170 Å². The second-order valence-corrected chi connectivity index (χ2v) is 7.26. The molecule has 0 N–H and O–H groups in total. The molecule has 1 aliphatic rings. The molecule has 1 fully saturated rings. The second-order valence-electron chi connectivity index (χ2n) is 7.26. The third-order valence-corrected chi connectivity index (χ3v) is 5.26. The molecule has 3 heterocycles. The fourth-order valence-electron chi connectivity index (χ4n) is 3.79. The molecule has 29 heavy (non-hydrogen) atoms. The second kappa shape index (κ2) is 8.82. The van der Waals surface area contributed by atoms with Gasteiger partial charge in [-0.2, -0.15) is 0 Å². The molecule has 1 unspecified atom stereocenters. The maximum Gasteiger partial charge on any atom is 0.274 e. The number of rotatable bonds is 5. The normalized spacial score (nSPS) is 16.4. The lowest BCUT2D eigenvalue weighted by atomic mass is 9.93. The van der Waals surface area contributed by atoms with Gasteiger partial charge in [0.2, 0.25) is 0 Å². The molecule has 0 bridgehead atoms. The molecule has 0 aliphatic carbocycles. The van der Waals surface area contributed by atoms with Crippen LogP contribution in [-0.2, 0) is 6.42 Å². The molecule has 4 rings (SSSR count). The molecule has 1 aromatic carbocycles. The number of hydrogen-bond acceptors (Lipinski definition) is 5. The number of amides is 1. The molecular formula is C23H24N4O2. The third-order valence-electron chi connectivity index (χ3n) is 5.26. The summed E-state index contributed by atoms with van der Waals surface area (Å²) < 4.78 is 5.31. The first-order valence-corrected chi connectivity index (χ1v) is 9.87. The standard InChI is InChI=1S/C23H24N4O2/c1-29-20-8-2-5-17(14-20)13-19-7-3-9-21(26-19)18-6-4-12-27(16-18)23(28)22-15-24-10-11-25-22/h2-3,5,7-11,14-15,18H,4,6,12-13,16H2,1H3. The number of carbonyl (C=O) groups excluding carboxylic acids is 1. The van der Waals surface area contributed by atoms with E-state index in [4.69, 9.17) is 9.72 Å². The number of benzene rings is 1. The quantitative estimate of drug-likeness (QED) is 0.669. The Bertz CT molecular complexity index is 977. The first-order chi connectivity index (χ1) is 14.2. The van der Waals surface area contributed by atoms with Gasteiger partial charge in [0.15, 0.2) is 0 Å². The molecular weight excluding hydrogens is 364 g/mol. The highest BCUT2D eigenvalue weighted by molar-refractivity contribution is 5.92. The zero-order valence-corrected chi connectivity index (χ0v) is 16.5. The number of carbonyl (C=O) groups is 1. The van der Waals surface area contributed by atoms with Crippen LogP contribution in [0.5, 0.6) is 5.75 Å². The fraction of sp³-hybridized carbons (Fsp3) is 0.304. The molecule has 6 nitrogen and oxygen atoms in total. The zero-order valence-electron chi connectivity index (χ0n) is 16.5. The summed E-state index contributed by atoms with van der Waals surface area (Å²) in [6, 6.07) is 14.2. The van der Waals surface area contributed by atoms with Crippen LogP contribution in [0.1, 0.15) is 46.2 Å². The van der Waals surface area contributed by atoms with Gasteiger partial charge in [-0.05, 0) is 42.7 Å². The third kappa shape index (κ3) is 4.59. The molecule has 0 radical (unpaired) electrons. The lowest BCUT2D eigenvalue weighted by molar-refractivity contribution is 0.0699. The van der Waals surface area contributed by atoms with Crippen molar-refractivity contribution in [3.63, 3.8) is 0 Å². The number of nitrogens with zero attached hydrogens (tertiary/aromatic N) is 4. The monoisotopic (exact) mass is 388 g/mol. The molecule has 1 saturated heterocycles. The average molecular weight is 388 g/mol. The van der Waals surface area contributed by atoms with Gasteiger partial charge in [0.25, 0.3) is 5.91 Å². The van der Waals surface area contributed by atoms with E-state index in [1.54, 1.807) is 19.5 Å². The van der Waals surface area contributed by atoms with Crippen LogP contribution in [-0.4, -0.2) is 46.0 Å². The minimum absolute atomic E-state index is 0.0599. The van der Waals surface area contributed by atoms with Crippen LogP contribution in [0.2, 0.25) is 0 Å². The van der Waals surface area contributed by atoms with Crippen molar-refractivity contribution in [2.45, 2.75) is 25.2 Å². The molecule has 1 aliphatic heterocycles. The fourth-order valence-corrected chi connectivity index (χ4v) is 3.79. The Morgan fingerprint density at radius 3 is 2.93 bits per heavy atom. The van der Waals surface area contributed by atoms with Crippen LogP contribution in [0.3, 0.4) is 0 Å². The van der Waals surface area contributed by atoms with Gasteiger partial charge < -0.3 is 9.64 Å². The number of aromatic nitrogens is 3. The summed E-state index contributed by atoms with van der Waals surface area (Å²) in [7, 11) is 1.68. The van der Waals surface area contributed by atoms with E-state index in [9.17, 15) is 4.79 Å². The minimum Gasteiger partial charge on any atom is -0.497 e. The molecule has 0 spiro atoms. The van der Waals surface area contributed by atoms with E-state index < -0.39 is 0 Å². The topological polar surface area (TPSA) is 68.2 Å². The van der Waals surface area contributed by atoms with Crippen LogP contribution in [0.15, 0.2) is 61.1 Å². The molecule has 148 valence electrons. The van der Waals surface area contributed by atoms with E-state index in [2.05, 4.69) is 28.2 Å². The van der Waals surface area contributed by atoms with Gasteiger partial charge in [-0.3, -0.25) is 14.8 Å². The van der Waals surface area contributed by atoms with E-state index in [1.165, 1.54) is 6.20 Å². The van der Waals surface area contributed by atoms with Gasteiger partial charge in [-0.15, -0.1) is 0 Å². The lowest BCUT2D eigenvalue weighted by Crippen LogP contribution is -2.39. The number of pyridine rings is 1. The number of methoxy groups -OCH3 is 1. The van der Waals surface area contributed by atoms with Crippen LogP contribution in [0.4, 0.5) is 0 Å². The summed E-state index contributed by atoms with van der Waals surface area (Å²) in [5.74, 6) is 1.02. The van der Waals surface area contributed by atoms with Crippen molar-refractivity contribution in [1.29, 1.82) is 0 Å². The molecule has 1 atom stereocenters. The summed E-state index contributed by atoms with van der Waals surface area (Å²) in [6.07, 6.45) is 7.39. The Hall–Kier alpha value is -3.28. The van der Waals surface area contributed by atoms with Crippen molar-refractivity contribution in [2.75, 3.05) is 20.2 Å². The largest absolute Gasteiger partial charge is 0.497 e. The highest BCUT2D eigenvalue weighted by atomic mass is 16.5.